The van der Waals surface area contributed by atoms with Gasteiger partial charge in [-0.05, 0) is 37.4 Å². The third kappa shape index (κ3) is 3.70. The van der Waals surface area contributed by atoms with Crippen molar-refractivity contribution in [3.05, 3.63) is 65.2 Å². The molecule has 2 aromatic carbocycles. The molecule has 2 heteroatoms. The van der Waals surface area contributed by atoms with Crippen LogP contribution in [0, 0.1) is 6.92 Å². The Labute approximate surface area is 129 Å². The maximum Gasteiger partial charge on any atom is 0.160 e. The van der Waals surface area contributed by atoms with Crippen molar-refractivity contribution in [1.29, 1.82) is 0 Å². The largest absolute Gasteiger partial charge is 0.294 e. The molecule has 2 aromatic rings. The van der Waals surface area contributed by atoms with E-state index < -0.39 is 8.07 Å². The molecule has 0 atom stereocenters. The maximum atomic E-state index is 11.9. The third-order valence-corrected chi connectivity index (χ3v) is 7.68. The van der Waals surface area contributed by atoms with Crippen LogP contribution in [0.25, 0.3) is 0 Å². The summed E-state index contributed by atoms with van der Waals surface area (Å²) in [7, 11) is -1.45. The summed E-state index contributed by atoms with van der Waals surface area (Å²) in [4.78, 5) is 11.9. The van der Waals surface area contributed by atoms with Gasteiger partial charge in [0, 0.05) is 5.56 Å². The molecule has 0 aromatic heterocycles. The normalized spacial score (nSPS) is 11.4. The molecule has 0 saturated carbocycles. The van der Waals surface area contributed by atoms with E-state index in [2.05, 4.69) is 55.6 Å². The van der Waals surface area contributed by atoms with Gasteiger partial charge in [0.25, 0.3) is 0 Å². The van der Waals surface area contributed by atoms with Gasteiger partial charge in [0.05, 0.1) is 8.07 Å². The fourth-order valence-corrected chi connectivity index (χ4v) is 5.20. The van der Waals surface area contributed by atoms with Crippen LogP contribution in [0.15, 0.2) is 48.5 Å². The highest BCUT2D eigenvalue weighted by atomic mass is 28.3. The number of carbonyl (C=O) groups excluding carboxylic acids is 1. The Hall–Kier alpha value is -1.67. The van der Waals surface area contributed by atoms with Crippen molar-refractivity contribution in [2.24, 2.45) is 0 Å². The molecule has 0 fully saturated rings. The lowest BCUT2D eigenvalue weighted by Crippen LogP contribution is -2.41. The summed E-state index contributed by atoms with van der Waals surface area (Å²) in [5.74, 6) is 0.183. The maximum absolute atomic E-state index is 11.9. The van der Waals surface area contributed by atoms with Gasteiger partial charge in [0.2, 0.25) is 0 Å². The van der Waals surface area contributed by atoms with E-state index in [1.165, 1.54) is 16.8 Å². The summed E-state index contributed by atoms with van der Waals surface area (Å²) in [6.07, 6.45) is 0.991. The number of hydrogen-bond donors (Lipinski definition) is 0. The summed E-state index contributed by atoms with van der Waals surface area (Å²) >= 11 is 0. The first-order valence-corrected chi connectivity index (χ1v) is 10.8. The minimum Gasteiger partial charge on any atom is -0.294 e. The van der Waals surface area contributed by atoms with Crippen molar-refractivity contribution in [2.75, 3.05) is 0 Å². The number of aryl methyl sites for hydroxylation is 2. The Morgan fingerprint density at radius 1 is 1.00 bits per heavy atom. The van der Waals surface area contributed by atoms with Crippen LogP contribution < -0.4 is 5.19 Å². The SMILES string of the molecule is CC(=O)c1c(C)cccc1CC[Si](C)(C)c1ccccc1. The van der Waals surface area contributed by atoms with Gasteiger partial charge < -0.3 is 0 Å². The Morgan fingerprint density at radius 3 is 2.29 bits per heavy atom. The Balaban J connectivity index is 2.21. The molecule has 0 amide bonds. The van der Waals surface area contributed by atoms with E-state index in [1.807, 2.05) is 13.0 Å². The van der Waals surface area contributed by atoms with Gasteiger partial charge in [-0.1, -0.05) is 66.8 Å². The van der Waals surface area contributed by atoms with E-state index in [0.29, 0.717) is 0 Å². The van der Waals surface area contributed by atoms with E-state index in [0.717, 1.165) is 17.5 Å². The van der Waals surface area contributed by atoms with E-state index >= 15 is 0 Å². The Kier molecular flexibility index (Phi) is 4.79. The molecule has 0 aliphatic heterocycles. The minimum atomic E-state index is -1.45. The molecule has 0 spiro atoms. The lowest BCUT2D eigenvalue weighted by Gasteiger charge is -2.23. The second-order valence-corrected chi connectivity index (χ2v) is 11.3. The number of hydrogen-bond acceptors (Lipinski definition) is 1. The summed E-state index contributed by atoms with van der Waals surface area (Å²) in [5.41, 5.74) is 3.23. The topological polar surface area (TPSA) is 17.1 Å². The number of rotatable bonds is 5. The fourth-order valence-electron chi connectivity index (χ4n) is 2.92. The molecule has 0 aliphatic carbocycles. The van der Waals surface area contributed by atoms with Gasteiger partial charge in [-0.15, -0.1) is 0 Å². The number of ketones is 1. The Bertz CT molecular complexity index is 629. The molecule has 1 nitrogen and oxygen atoms in total. The smallest absolute Gasteiger partial charge is 0.160 e. The van der Waals surface area contributed by atoms with Crippen LogP contribution in [0.5, 0.6) is 0 Å². The molecule has 0 unspecified atom stereocenters. The van der Waals surface area contributed by atoms with Gasteiger partial charge >= 0.3 is 0 Å². The molecular formula is C19H24OSi. The predicted octanol–water partition coefficient (Wildman–Crippen LogP) is 4.36. The van der Waals surface area contributed by atoms with Crippen molar-refractivity contribution in [3.8, 4) is 0 Å². The van der Waals surface area contributed by atoms with Crippen LogP contribution in [0.1, 0.15) is 28.4 Å². The highest BCUT2D eigenvalue weighted by molar-refractivity contribution is 6.89. The van der Waals surface area contributed by atoms with Crippen molar-refractivity contribution in [2.45, 2.75) is 39.4 Å². The molecule has 0 radical (unpaired) electrons. The first-order chi connectivity index (χ1) is 9.92. The van der Waals surface area contributed by atoms with E-state index in [9.17, 15) is 4.79 Å². The second kappa shape index (κ2) is 6.40. The molecule has 0 saturated heterocycles. The highest BCUT2D eigenvalue weighted by Gasteiger charge is 2.23. The zero-order valence-corrected chi connectivity index (χ0v) is 14.4. The summed E-state index contributed by atoms with van der Waals surface area (Å²) in [6.45, 7) is 8.52. The first kappa shape index (κ1) is 15.7. The van der Waals surface area contributed by atoms with E-state index in [1.54, 1.807) is 6.92 Å². The number of carbonyl (C=O) groups is 1. The average molecular weight is 296 g/mol. The molecule has 0 N–H and O–H groups in total. The monoisotopic (exact) mass is 296 g/mol. The van der Waals surface area contributed by atoms with Crippen LogP contribution in [0.2, 0.25) is 19.1 Å². The third-order valence-electron chi connectivity index (χ3n) is 4.29. The van der Waals surface area contributed by atoms with Gasteiger partial charge in [-0.2, -0.15) is 0 Å². The van der Waals surface area contributed by atoms with Crippen molar-refractivity contribution in [1.82, 2.24) is 0 Å². The van der Waals surface area contributed by atoms with Crippen molar-refractivity contribution in [3.63, 3.8) is 0 Å². The number of benzene rings is 2. The predicted molar refractivity (Wildman–Crippen MR) is 93.3 cm³/mol. The zero-order chi connectivity index (χ0) is 15.5. The molecule has 110 valence electrons. The summed E-state index contributed by atoms with van der Waals surface area (Å²) in [5, 5.41) is 1.49. The van der Waals surface area contributed by atoms with Crippen LogP contribution in [-0.4, -0.2) is 13.9 Å². The molecule has 0 bridgehead atoms. The highest BCUT2D eigenvalue weighted by Crippen LogP contribution is 2.20. The Morgan fingerprint density at radius 2 is 1.67 bits per heavy atom. The van der Waals surface area contributed by atoms with Crippen LogP contribution in [0.4, 0.5) is 0 Å². The van der Waals surface area contributed by atoms with Gasteiger partial charge in [-0.25, -0.2) is 0 Å². The lowest BCUT2D eigenvalue weighted by atomic mass is 9.97. The first-order valence-electron chi connectivity index (χ1n) is 7.57. The molecule has 0 heterocycles. The zero-order valence-electron chi connectivity index (χ0n) is 13.4. The quantitative estimate of drug-likeness (QED) is 0.592. The fraction of sp³-hybridized carbons (Fsp3) is 0.316. The number of Topliss-reactive ketones (excluding diaryl/α,β-unsaturated/α-hetero) is 1. The molecule has 0 aliphatic rings. The summed E-state index contributed by atoms with van der Waals surface area (Å²) < 4.78 is 0. The van der Waals surface area contributed by atoms with Crippen LogP contribution in [-0.2, 0) is 6.42 Å². The van der Waals surface area contributed by atoms with Gasteiger partial charge in [0.1, 0.15) is 0 Å². The molecular weight excluding hydrogens is 272 g/mol. The molecule has 21 heavy (non-hydrogen) atoms. The summed E-state index contributed by atoms with van der Waals surface area (Å²) in [6, 6.07) is 18.2. The van der Waals surface area contributed by atoms with Crippen LogP contribution >= 0.6 is 0 Å². The lowest BCUT2D eigenvalue weighted by molar-refractivity contribution is 0.101. The van der Waals surface area contributed by atoms with E-state index in [4.69, 9.17) is 0 Å². The van der Waals surface area contributed by atoms with E-state index in [-0.39, 0.29) is 5.78 Å². The minimum absolute atomic E-state index is 0.183. The standard InChI is InChI=1S/C19H24OSi/c1-15-9-8-10-17(19(15)16(2)20)13-14-21(3,4)18-11-6-5-7-12-18/h5-12H,13-14H2,1-4H3. The van der Waals surface area contributed by atoms with Gasteiger partial charge in [-0.3, -0.25) is 4.79 Å². The van der Waals surface area contributed by atoms with Crippen LogP contribution in [0.3, 0.4) is 0 Å². The van der Waals surface area contributed by atoms with Gasteiger partial charge in [0.15, 0.2) is 5.78 Å². The average Bonchev–Trinajstić information content (AvgIpc) is 2.46. The molecule has 2 rings (SSSR count). The van der Waals surface area contributed by atoms with Crippen molar-refractivity contribution >= 4 is 19.0 Å². The van der Waals surface area contributed by atoms with Crippen molar-refractivity contribution < 1.29 is 4.79 Å². The second-order valence-electron chi connectivity index (χ2n) is 6.42.